The maximum Gasteiger partial charge on any atom is 0.0841 e. The minimum absolute atomic E-state index is 0.834. The number of rotatable bonds is 8. The van der Waals surface area contributed by atoms with E-state index in [0.29, 0.717) is 0 Å². The summed E-state index contributed by atoms with van der Waals surface area (Å²) in [5.41, 5.74) is 2.37. The summed E-state index contributed by atoms with van der Waals surface area (Å²) < 4.78 is 7.11. The van der Waals surface area contributed by atoms with Crippen molar-refractivity contribution in [2.24, 2.45) is 0 Å². The third-order valence-corrected chi connectivity index (χ3v) is 3.28. The van der Waals surface area contributed by atoms with Crippen LogP contribution in [0.5, 0.6) is 0 Å². The highest BCUT2D eigenvalue weighted by atomic mass is 16.5. The number of aryl methyl sites for hydroxylation is 1. The van der Waals surface area contributed by atoms with Gasteiger partial charge in [-0.25, -0.2) is 0 Å². The van der Waals surface area contributed by atoms with Gasteiger partial charge in [0.05, 0.1) is 11.2 Å². The van der Waals surface area contributed by atoms with Crippen LogP contribution < -0.4 is 5.32 Å². The molecule has 0 saturated heterocycles. The Bertz CT molecular complexity index is 507. The van der Waals surface area contributed by atoms with E-state index >= 15 is 0 Å². The number of benzene rings is 1. The zero-order valence-corrected chi connectivity index (χ0v) is 11.9. The number of aromatic nitrogens is 2. The number of hydrogen-bond donors (Lipinski definition) is 1. The summed E-state index contributed by atoms with van der Waals surface area (Å²) in [6, 6.07) is 8.43. The lowest BCUT2D eigenvalue weighted by Crippen LogP contribution is -2.16. The Hall–Kier alpha value is -1.39. The maximum absolute atomic E-state index is 5.04. The highest BCUT2D eigenvalue weighted by Gasteiger charge is 2.07. The summed E-state index contributed by atoms with van der Waals surface area (Å²) in [6.45, 7) is 5.72. The minimum Gasteiger partial charge on any atom is -0.385 e. The Morgan fingerprint density at radius 3 is 2.89 bits per heavy atom. The molecule has 0 unspecified atom stereocenters. The van der Waals surface area contributed by atoms with E-state index in [9.17, 15) is 0 Å². The van der Waals surface area contributed by atoms with Crippen LogP contribution in [0.15, 0.2) is 24.3 Å². The molecule has 0 fully saturated rings. The second-order valence-electron chi connectivity index (χ2n) is 4.66. The highest BCUT2D eigenvalue weighted by Crippen LogP contribution is 2.18. The van der Waals surface area contributed by atoms with E-state index in [1.807, 2.05) is 0 Å². The van der Waals surface area contributed by atoms with Crippen LogP contribution in [-0.2, 0) is 17.8 Å². The van der Waals surface area contributed by atoms with Gasteiger partial charge in [-0.2, -0.15) is 5.10 Å². The fourth-order valence-corrected chi connectivity index (χ4v) is 2.27. The first-order valence-corrected chi connectivity index (χ1v) is 7.01. The average Bonchev–Trinajstić information content (AvgIpc) is 2.81. The molecule has 0 saturated carbocycles. The Morgan fingerprint density at radius 2 is 2.11 bits per heavy atom. The molecule has 1 aromatic heterocycles. The molecule has 0 atom stereocenters. The second-order valence-corrected chi connectivity index (χ2v) is 4.66. The molecule has 19 heavy (non-hydrogen) atoms. The van der Waals surface area contributed by atoms with Crippen molar-refractivity contribution in [2.75, 3.05) is 20.3 Å². The zero-order chi connectivity index (χ0) is 13.5. The average molecular weight is 261 g/mol. The number of hydrogen-bond acceptors (Lipinski definition) is 3. The van der Waals surface area contributed by atoms with Gasteiger partial charge in [-0.3, -0.25) is 4.68 Å². The number of unbranched alkanes of at least 4 members (excludes halogenated alkanes) is 1. The molecule has 0 spiro atoms. The van der Waals surface area contributed by atoms with Crippen molar-refractivity contribution >= 4 is 10.9 Å². The van der Waals surface area contributed by atoms with Gasteiger partial charge in [0.15, 0.2) is 0 Å². The minimum atomic E-state index is 0.834. The van der Waals surface area contributed by atoms with E-state index < -0.39 is 0 Å². The first-order valence-electron chi connectivity index (χ1n) is 7.01. The van der Waals surface area contributed by atoms with Crippen LogP contribution >= 0.6 is 0 Å². The molecular weight excluding hydrogens is 238 g/mol. The fraction of sp³-hybridized carbons (Fsp3) is 0.533. The van der Waals surface area contributed by atoms with Crippen molar-refractivity contribution < 1.29 is 4.74 Å². The van der Waals surface area contributed by atoms with E-state index in [1.54, 1.807) is 7.11 Å². The van der Waals surface area contributed by atoms with Crippen LogP contribution in [0, 0.1) is 0 Å². The van der Waals surface area contributed by atoms with Gasteiger partial charge in [-0.1, -0.05) is 18.2 Å². The molecule has 0 amide bonds. The van der Waals surface area contributed by atoms with Crippen LogP contribution in [0.25, 0.3) is 10.9 Å². The van der Waals surface area contributed by atoms with Crippen molar-refractivity contribution in [3.05, 3.63) is 30.0 Å². The smallest absolute Gasteiger partial charge is 0.0841 e. The monoisotopic (exact) mass is 261 g/mol. The second kappa shape index (κ2) is 7.26. The Labute approximate surface area is 114 Å². The summed E-state index contributed by atoms with van der Waals surface area (Å²) in [5, 5.41) is 9.39. The highest BCUT2D eigenvalue weighted by molar-refractivity contribution is 5.81. The molecule has 2 rings (SSSR count). The van der Waals surface area contributed by atoms with Gasteiger partial charge in [0.2, 0.25) is 0 Å². The first-order chi connectivity index (χ1) is 9.36. The largest absolute Gasteiger partial charge is 0.385 e. The predicted octanol–water partition coefficient (Wildman–Crippen LogP) is 2.57. The molecule has 0 aliphatic rings. The Kier molecular flexibility index (Phi) is 5.36. The number of ether oxygens (including phenoxy) is 1. The molecule has 1 aromatic carbocycles. The molecule has 0 radical (unpaired) electrons. The van der Waals surface area contributed by atoms with Crippen molar-refractivity contribution in [3.63, 3.8) is 0 Å². The summed E-state index contributed by atoms with van der Waals surface area (Å²) >= 11 is 0. The number of nitrogens with zero attached hydrogens (tertiary/aromatic N) is 2. The first kappa shape index (κ1) is 14.0. The molecule has 2 aromatic rings. The van der Waals surface area contributed by atoms with Crippen molar-refractivity contribution in [2.45, 2.75) is 32.9 Å². The molecule has 0 aliphatic heterocycles. The van der Waals surface area contributed by atoms with Crippen LogP contribution in [0.4, 0.5) is 0 Å². The van der Waals surface area contributed by atoms with Crippen LogP contribution in [0.2, 0.25) is 0 Å². The number of methoxy groups -OCH3 is 1. The molecular formula is C15H23N3O. The third kappa shape index (κ3) is 3.55. The van der Waals surface area contributed by atoms with Crippen LogP contribution in [-0.4, -0.2) is 30.0 Å². The lowest BCUT2D eigenvalue weighted by molar-refractivity contribution is 0.192. The van der Waals surface area contributed by atoms with Gasteiger partial charge >= 0.3 is 0 Å². The molecule has 1 heterocycles. The van der Waals surface area contributed by atoms with Gasteiger partial charge in [-0.15, -0.1) is 0 Å². The third-order valence-electron chi connectivity index (χ3n) is 3.28. The van der Waals surface area contributed by atoms with E-state index in [-0.39, 0.29) is 0 Å². The molecule has 4 nitrogen and oxygen atoms in total. The van der Waals surface area contributed by atoms with Gasteiger partial charge in [0, 0.05) is 32.2 Å². The Balaban J connectivity index is 1.93. The molecule has 104 valence electrons. The lowest BCUT2D eigenvalue weighted by atomic mass is 10.2. The van der Waals surface area contributed by atoms with Gasteiger partial charge in [0.25, 0.3) is 0 Å². The normalized spacial score (nSPS) is 11.3. The lowest BCUT2D eigenvalue weighted by Gasteiger charge is -2.02. The Morgan fingerprint density at radius 1 is 1.26 bits per heavy atom. The summed E-state index contributed by atoms with van der Waals surface area (Å²) in [4.78, 5) is 0. The summed E-state index contributed by atoms with van der Waals surface area (Å²) in [7, 11) is 1.75. The van der Waals surface area contributed by atoms with Crippen molar-refractivity contribution in [3.8, 4) is 0 Å². The predicted molar refractivity (Wildman–Crippen MR) is 78.2 cm³/mol. The fourth-order valence-electron chi connectivity index (χ4n) is 2.27. The standard InChI is InChI=1S/C15H23N3O/c1-3-18-15-9-5-4-8-13(15)14(17-18)12-16-10-6-7-11-19-2/h4-5,8-9,16H,3,6-7,10-12H2,1-2H3. The number of fused-ring (bicyclic) bond motifs is 1. The summed E-state index contributed by atoms with van der Waals surface area (Å²) in [5.74, 6) is 0. The van der Waals surface area contributed by atoms with Gasteiger partial charge in [0.1, 0.15) is 0 Å². The molecule has 1 N–H and O–H groups in total. The van der Waals surface area contributed by atoms with Crippen LogP contribution in [0.1, 0.15) is 25.5 Å². The molecule has 0 bridgehead atoms. The van der Waals surface area contributed by atoms with E-state index in [4.69, 9.17) is 4.74 Å². The summed E-state index contributed by atoms with van der Waals surface area (Å²) in [6.07, 6.45) is 2.24. The number of para-hydroxylation sites is 1. The van der Waals surface area contributed by atoms with Crippen molar-refractivity contribution in [1.29, 1.82) is 0 Å². The van der Waals surface area contributed by atoms with E-state index in [2.05, 4.69) is 46.3 Å². The van der Waals surface area contributed by atoms with Gasteiger partial charge < -0.3 is 10.1 Å². The SMILES string of the molecule is CCn1nc(CNCCCCOC)c2ccccc21. The molecule has 0 aliphatic carbocycles. The quantitative estimate of drug-likeness (QED) is 0.742. The van der Waals surface area contributed by atoms with Crippen LogP contribution in [0.3, 0.4) is 0 Å². The number of nitrogens with one attached hydrogen (secondary N) is 1. The molecule has 4 heteroatoms. The zero-order valence-electron chi connectivity index (χ0n) is 11.9. The van der Waals surface area contributed by atoms with E-state index in [0.717, 1.165) is 44.8 Å². The van der Waals surface area contributed by atoms with Crippen molar-refractivity contribution in [1.82, 2.24) is 15.1 Å². The maximum atomic E-state index is 5.04. The van der Waals surface area contributed by atoms with Gasteiger partial charge in [-0.05, 0) is 32.4 Å². The topological polar surface area (TPSA) is 39.1 Å². The van der Waals surface area contributed by atoms with E-state index in [1.165, 1.54) is 10.9 Å².